The summed E-state index contributed by atoms with van der Waals surface area (Å²) in [4.78, 5) is 0. The van der Waals surface area contributed by atoms with Gasteiger partial charge >= 0.3 is 0 Å². The molecule has 1 atom stereocenters. The first kappa shape index (κ1) is 16.3. The highest BCUT2D eigenvalue weighted by atomic mass is 16.5. The van der Waals surface area contributed by atoms with E-state index in [0.29, 0.717) is 6.61 Å². The van der Waals surface area contributed by atoms with E-state index in [9.17, 15) is 5.11 Å². The standard InChI is InChI=1S/C20H20O4/c21-17(13-22-15-18-9-6-12-23-18)14-24-20-11-5-4-10-19(20)16-7-2-1-3-8-16/h1-12,17,21H,13-15H2. The summed E-state index contributed by atoms with van der Waals surface area (Å²) in [6.07, 6.45) is 0.891. The van der Waals surface area contributed by atoms with Crippen LogP contribution >= 0.6 is 0 Å². The van der Waals surface area contributed by atoms with Crippen LogP contribution in [0.3, 0.4) is 0 Å². The number of aliphatic hydroxyl groups excluding tert-OH is 1. The summed E-state index contributed by atoms with van der Waals surface area (Å²) >= 11 is 0. The Labute approximate surface area is 141 Å². The van der Waals surface area contributed by atoms with E-state index in [4.69, 9.17) is 13.9 Å². The average Bonchev–Trinajstić information content (AvgIpc) is 3.14. The van der Waals surface area contributed by atoms with Crippen LogP contribution in [0.15, 0.2) is 77.4 Å². The molecule has 0 spiro atoms. The molecule has 0 saturated heterocycles. The molecule has 0 bridgehead atoms. The van der Waals surface area contributed by atoms with Gasteiger partial charge in [0, 0.05) is 5.56 Å². The average molecular weight is 324 g/mol. The number of para-hydroxylation sites is 1. The number of rotatable bonds is 8. The molecule has 0 aliphatic rings. The maximum absolute atomic E-state index is 10.0. The predicted octanol–water partition coefficient (Wildman–Crippen LogP) is 3.90. The van der Waals surface area contributed by atoms with Crippen molar-refractivity contribution in [2.24, 2.45) is 0 Å². The Morgan fingerprint density at radius 2 is 1.67 bits per heavy atom. The fourth-order valence-corrected chi connectivity index (χ4v) is 2.37. The highest BCUT2D eigenvalue weighted by Gasteiger charge is 2.10. The van der Waals surface area contributed by atoms with E-state index in [1.165, 1.54) is 0 Å². The Balaban J connectivity index is 1.53. The third kappa shape index (κ3) is 4.47. The lowest BCUT2D eigenvalue weighted by atomic mass is 10.1. The number of hydrogen-bond donors (Lipinski definition) is 1. The van der Waals surface area contributed by atoms with Crippen molar-refractivity contribution in [2.75, 3.05) is 13.2 Å². The van der Waals surface area contributed by atoms with Gasteiger partial charge in [-0.1, -0.05) is 48.5 Å². The van der Waals surface area contributed by atoms with Gasteiger partial charge in [-0.2, -0.15) is 0 Å². The topological polar surface area (TPSA) is 51.8 Å². The highest BCUT2D eigenvalue weighted by molar-refractivity contribution is 5.70. The Morgan fingerprint density at radius 1 is 0.875 bits per heavy atom. The van der Waals surface area contributed by atoms with Gasteiger partial charge in [0.25, 0.3) is 0 Å². The lowest BCUT2D eigenvalue weighted by Gasteiger charge is -2.15. The summed E-state index contributed by atoms with van der Waals surface area (Å²) < 4.78 is 16.4. The van der Waals surface area contributed by atoms with E-state index in [-0.39, 0.29) is 13.2 Å². The van der Waals surface area contributed by atoms with Crippen molar-refractivity contribution in [3.05, 3.63) is 78.8 Å². The molecule has 4 heteroatoms. The minimum atomic E-state index is -0.705. The van der Waals surface area contributed by atoms with E-state index in [0.717, 1.165) is 22.6 Å². The summed E-state index contributed by atoms with van der Waals surface area (Å²) in [5.41, 5.74) is 2.08. The zero-order chi connectivity index (χ0) is 16.6. The number of aliphatic hydroxyl groups is 1. The van der Waals surface area contributed by atoms with Gasteiger partial charge in [0.2, 0.25) is 0 Å². The summed E-state index contributed by atoms with van der Waals surface area (Å²) in [5.74, 6) is 1.48. The fraction of sp³-hybridized carbons (Fsp3) is 0.200. The SMILES string of the molecule is OC(COCc1ccco1)COc1ccccc1-c1ccccc1. The second kappa shape index (κ2) is 8.34. The second-order valence-corrected chi connectivity index (χ2v) is 5.42. The molecular weight excluding hydrogens is 304 g/mol. The van der Waals surface area contributed by atoms with Gasteiger partial charge in [-0.25, -0.2) is 0 Å². The van der Waals surface area contributed by atoms with Gasteiger partial charge in [-0.05, 0) is 23.8 Å². The normalized spacial score (nSPS) is 12.0. The smallest absolute Gasteiger partial charge is 0.129 e. The van der Waals surface area contributed by atoms with Gasteiger partial charge in [-0.3, -0.25) is 0 Å². The zero-order valence-electron chi connectivity index (χ0n) is 13.3. The van der Waals surface area contributed by atoms with Crippen LogP contribution in [0.1, 0.15) is 5.76 Å². The van der Waals surface area contributed by atoms with Crippen molar-refractivity contribution < 1.29 is 19.0 Å². The molecule has 1 heterocycles. The first-order valence-electron chi connectivity index (χ1n) is 7.88. The van der Waals surface area contributed by atoms with Crippen LogP contribution in [0.2, 0.25) is 0 Å². The van der Waals surface area contributed by atoms with Crippen molar-refractivity contribution in [1.82, 2.24) is 0 Å². The van der Waals surface area contributed by atoms with Crippen molar-refractivity contribution in [3.8, 4) is 16.9 Å². The van der Waals surface area contributed by atoms with Crippen LogP contribution in [-0.4, -0.2) is 24.4 Å². The minimum absolute atomic E-state index is 0.169. The third-order valence-corrected chi connectivity index (χ3v) is 3.54. The van der Waals surface area contributed by atoms with Gasteiger partial charge in [0.05, 0.1) is 12.9 Å². The Morgan fingerprint density at radius 3 is 2.46 bits per heavy atom. The first-order valence-corrected chi connectivity index (χ1v) is 7.88. The van der Waals surface area contributed by atoms with Crippen molar-refractivity contribution in [2.45, 2.75) is 12.7 Å². The molecular formula is C20H20O4. The van der Waals surface area contributed by atoms with E-state index in [1.807, 2.05) is 60.7 Å². The van der Waals surface area contributed by atoms with Crippen molar-refractivity contribution in [3.63, 3.8) is 0 Å². The molecule has 0 radical (unpaired) electrons. The molecule has 0 amide bonds. The van der Waals surface area contributed by atoms with Crippen molar-refractivity contribution >= 4 is 0 Å². The molecule has 2 aromatic carbocycles. The molecule has 1 aromatic heterocycles. The van der Waals surface area contributed by atoms with Crippen LogP contribution in [0.4, 0.5) is 0 Å². The highest BCUT2D eigenvalue weighted by Crippen LogP contribution is 2.29. The van der Waals surface area contributed by atoms with E-state index in [1.54, 1.807) is 12.3 Å². The molecule has 0 fully saturated rings. The summed E-state index contributed by atoms with van der Waals surface area (Å²) in [6, 6.07) is 21.5. The lowest BCUT2D eigenvalue weighted by Crippen LogP contribution is -2.23. The third-order valence-electron chi connectivity index (χ3n) is 3.54. The Kier molecular flexibility index (Phi) is 5.66. The van der Waals surface area contributed by atoms with E-state index in [2.05, 4.69) is 0 Å². The van der Waals surface area contributed by atoms with Crippen molar-refractivity contribution in [1.29, 1.82) is 0 Å². The molecule has 1 unspecified atom stereocenters. The van der Waals surface area contributed by atoms with Gasteiger partial charge in [0.15, 0.2) is 0 Å². The molecule has 3 rings (SSSR count). The van der Waals surface area contributed by atoms with Crippen LogP contribution in [0.25, 0.3) is 11.1 Å². The molecule has 0 aliphatic heterocycles. The molecule has 124 valence electrons. The number of hydrogen-bond acceptors (Lipinski definition) is 4. The molecule has 0 aliphatic carbocycles. The molecule has 24 heavy (non-hydrogen) atoms. The fourth-order valence-electron chi connectivity index (χ4n) is 2.37. The monoisotopic (exact) mass is 324 g/mol. The first-order chi connectivity index (χ1) is 11.8. The molecule has 1 N–H and O–H groups in total. The number of ether oxygens (including phenoxy) is 2. The minimum Gasteiger partial charge on any atom is -0.490 e. The Bertz CT molecular complexity index is 722. The molecule has 0 saturated carbocycles. The van der Waals surface area contributed by atoms with Gasteiger partial charge in [0.1, 0.15) is 30.8 Å². The maximum atomic E-state index is 10.0. The molecule has 4 nitrogen and oxygen atoms in total. The molecule has 3 aromatic rings. The lowest BCUT2D eigenvalue weighted by molar-refractivity contribution is 0.000976. The van der Waals surface area contributed by atoms with E-state index < -0.39 is 6.10 Å². The predicted molar refractivity (Wildman–Crippen MR) is 91.7 cm³/mol. The zero-order valence-corrected chi connectivity index (χ0v) is 13.3. The van der Waals surface area contributed by atoms with E-state index >= 15 is 0 Å². The Hall–Kier alpha value is -2.56. The second-order valence-electron chi connectivity index (χ2n) is 5.42. The van der Waals surface area contributed by atoms with Crippen LogP contribution < -0.4 is 4.74 Å². The van der Waals surface area contributed by atoms with Crippen LogP contribution in [-0.2, 0) is 11.3 Å². The van der Waals surface area contributed by atoms with Crippen LogP contribution in [0.5, 0.6) is 5.75 Å². The maximum Gasteiger partial charge on any atom is 0.129 e. The number of furan rings is 1. The largest absolute Gasteiger partial charge is 0.490 e. The summed E-state index contributed by atoms with van der Waals surface area (Å²) in [6.45, 7) is 0.695. The van der Waals surface area contributed by atoms with Gasteiger partial charge < -0.3 is 19.0 Å². The van der Waals surface area contributed by atoms with Gasteiger partial charge in [-0.15, -0.1) is 0 Å². The van der Waals surface area contributed by atoms with Crippen LogP contribution in [0, 0.1) is 0 Å². The number of benzene rings is 2. The quantitative estimate of drug-likeness (QED) is 0.683. The summed E-state index contributed by atoms with van der Waals surface area (Å²) in [7, 11) is 0. The summed E-state index contributed by atoms with van der Waals surface area (Å²) in [5, 5.41) is 10.0.